The highest BCUT2D eigenvalue weighted by Gasteiger charge is 2.36. The van der Waals surface area contributed by atoms with E-state index in [4.69, 9.17) is 4.84 Å². The van der Waals surface area contributed by atoms with E-state index in [1.165, 1.54) is 0 Å². The second-order valence-corrected chi connectivity index (χ2v) is 4.51. The predicted octanol–water partition coefficient (Wildman–Crippen LogP) is 1.43. The molecule has 0 saturated heterocycles. The molecular weight excluding hydrogens is 262 g/mol. The number of rotatable bonds is 7. The van der Waals surface area contributed by atoms with Crippen LogP contribution in [0.3, 0.4) is 0 Å². The van der Waals surface area contributed by atoms with Crippen LogP contribution in [0, 0.1) is 0 Å². The van der Waals surface area contributed by atoms with Crippen LogP contribution in [-0.4, -0.2) is 41.5 Å². The quantitative estimate of drug-likeness (QED) is 0.658. The second-order valence-electron chi connectivity index (χ2n) is 4.51. The Balaban J connectivity index is 2.83. The van der Waals surface area contributed by atoms with Crippen molar-refractivity contribution in [3.63, 3.8) is 0 Å². The molecule has 3 N–H and O–H groups in total. The highest BCUT2D eigenvalue weighted by molar-refractivity contribution is 5.90. The number of urea groups is 1. The van der Waals surface area contributed by atoms with Gasteiger partial charge in [-0.15, -0.1) is 0 Å². The summed E-state index contributed by atoms with van der Waals surface area (Å²) in [5, 5.41) is 16.1. The van der Waals surface area contributed by atoms with Gasteiger partial charge in [-0.25, -0.2) is 14.4 Å². The number of carbonyl (C=O) groups excluding carboxylic acids is 1. The molecule has 114 valence electrons. The smallest absolute Gasteiger partial charge is 0.338 e. The molecule has 0 aliphatic carbocycles. The minimum atomic E-state index is -1.07. The summed E-state index contributed by atoms with van der Waals surface area (Å²) in [7, 11) is 0. The molecule has 1 aliphatic heterocycles. The Morgan fingerprint density at radius 3 is 2.50 bits per heavy atom. The van der Waals surface area contributed by atoms with Crippen LogP contribution in [0.5, 0.6) is 0 Å². The summed E-state index contributed by atoms with van der Waals surface area (Å²) in [6.07, 6.45) is 1.23. The van der Waals surface area contributed by atoms with E-state index in [0.717, 1.165) is 12.8 Å². The summed E-state index contributed by atoms with van der Waals surface area (Å²) in [6.45, 7) is 6.90. The molecule has 0 aromatic rings. The zero-order chi connectivity index (χ0) is 15.1. The summed E-state index contributed by atoms with van der Waals surface area (Å²) in [4.78, 5) is 28.6. The molecule has 0 spiro atoms. The number of aliphatic carboxylic acids is 1. The molecule has 0 fully saturated rings. The molecule has 7 nitrogen and oxygen atoms in total. The average molecular weight is 285 g/mol. The maximum Gasteiger partial charge on any atom is 0.338 e. The summed E-state index contributed by atoms with van der Waals surface area (Å²) >= 11 is 0. The van der Waals surface area contributed by atoms with Crippen LogP contribution in [0.25, 0.3) is 0 Å². The molecule has 2 amide bonds. The number of hydrogen-bond acceptors (Lipinski definition) is 4. The number of hydroxylamine groups is 2. The fourth-order valence-corrected chi connectivity index (χ4v) is 2.03. The lowest BCUT2D eigenvalue weighted by Gasteiger charge is -2.21. The first-order chi connectivity index (χ1) is 9.54. The Bertz CT molecular complexity index is 395. The Morgan fingerprint density at radius 1 is 1.30 bits per heavy atom. The summed E-state index contributed by atoms with van der Waals surface area (Å²) in [6, 6.07) is -0.426. The number of hydrogen-bond donors (Lipinski definition) is 3. The van der Waals surface area contributed by atoms with Crippen LogP contribution in [-0.2, 0) is 9.63 Å². The number of carboxylic acid groups (broad SMARTS) is 1. The Labute approximate surface area is 118 Å². The molecule has 1 rings (SSSR count). The molecule has 0 radical (unpaired) electrons. The second kappa shape index (κ2) is 7.74. The van der Waals surface area contributed by atoms with Crippen molar-refractivity contribution in [3.8, 4) is 0 Å². The van der Waals surface area contributed by atoms with E-state index in [1.807, 2.05) is 20.8 Å². The Morgan fingerprint density at radius 2 is 2.00 bits per heavy atom. The van der Waals surface area contributed by atoms with Crippen molar-refractivity contribution < 1.29 is 19.5 Å². The van der Waals surface area contributed by atoms with Crippen LogP contribution in [0.2, 0.25) is 0 Å². The number of carboxylic acids is 1. The minimum absolute atomic E-state index is 0.104. The lowest BCUT2D eigenvalue weighted by atomic mass is 10.1. The van der Waals surface area contributed by atoms with E-state index in [9.17, 15) is 14.7 Å². The van der Waals surface area contributed by atoms with Gasteiger partial charge < -0.3 is 15.7 Å². The molecular formula is C13H23N3O4. The Hall–Kier alpha value is -1.76. The third-order valence-corrected chi connectivity index (χ3v) is 2.90. The zero-order valence-electron chi connectivity index (χ0n) is 12.2. The van der Waals surface area contributed by atoms with Gasteiger partial charge in [-0.3, -0.25) is 5.06 Å². The van der Waals surface area contributed by atoms with Gasteiger partial charge in [0.15, 0.2) is 6.23 Å². The highest BCUT2D eigenvalue weighted by Crippen LogP contribution is 2.27. The van der Waals surface area contributed by atoms with Crippen molar-refractivity contribution in [1.29, 1.82) is 0 Å². The van der Waals surface area contributed by atoms with Gasteiger partial charge in [0, 0.05) is 13.1 Å². The van der Waals surface area contributed by atoms with Crippen molar-refractivity contribution in [1.82, 2.24) is 15.7 Å². The highest BCUT2D eigenvalue weighted by atomic mass is 16.7. The van der Waals surface area contributed by atoms with Crippen LogP contribution >= 0.6 is 0 Å². The molecule has 0 bridgehead atoms. The van der Waals surface area contributed by atoms with E-state index in [1.54, 1.807) is 5.06 Å². The number of amides is 2. The topological polar surface area (TPSA) is 90.9 Å². The van der Waals surface area contributed by atoms with E-state index >= 15 is 0 Å². The van der Waals surface area contributed by atoms with Gasteiger partial charge in [0.1, 0.15) is 5.57 Å². The van der Waals surface area contributed by atoms with Crippen molar-refractivity contribution in [2.45, 2.75) is 46.3 Å². The molecule has 1 heterocycles. The van der Waals surface area contributed by atoms with Crippen molar-refractivity contribution in [2.75, 3.05) is 13.1 Å². The first kappa shape index (κ1) is 16.3. The third-order valence-electron chi connectivity index (χ3n) is 2.90. The average Bonchev–Trinajstić information content (AvgIpc) is 2.74. The van der Waals surface area contributed by atoms with Gasteiger partial charge in [0.05, 0.1) is 5.70 Å². The van der Waals surface area contributed by atoms with Crippen LogP contribution < -0.4 is 10.6 Å². The molecule has 0 saturated carbocycles. The first-order valence-corrected chi connectivity index (χ1v) is 7.00. The van der Waals surface area contributed by atoms with E-state index in [-0.39, 0.29) is 5.57 Å². The summed E-state index contributed by atoms with van der Waals surface area (Å²) in [5.41, 5.74) is 0.715. The molecule has 7 heteroatoms. The van der Waals surface area contributed by atoms with Gasteiger partial charge in [-0.1, -0.05) is 20.8 Å². The van der Waals surface area contributed by atoms with Crippen molar-refractivity contribution >= 4 is 12.0 Å². The van der Waals surface area contributed by atoms with Gasteiger partial charge in [0.2, 0.25) is 0 Å². The fraction of sp³-hybridized carbons (Fsp3) is 0.692. The molecule has 0 aromatic heterocycles. The minimum Gasteiger partial charge on any atom is -0.478 e. The lowest BCUT2D eigenvalue weighted by Crippen LogP contribution is -2.45. The SMILES string of the molecule is CCCNC(=O)N[C@H]1ON(CCC)C(CC)=C1C(=O)O. The Kier molecular flexibility index (Phi) is 6.30. The maximum absolute atomic E-state index is 11.6. The summed E-state index contributed by atoms with van der Waals surface area (Å²) in [5.74, 6) is -1.07. The molecule has 1 aliphatic rings. The van der Waals surface area contributed by atoms with Gasteiger partial charge in [0.25, 0.3) is 0 Å². The predicted molar refractivity (Wildman–Crippen MR) is 73.6 cm³/mol. The number of nitrogens with zero attached hydrogens (tertiary/aromatic N) is 1. The van der Waals surface area contributed by atoms with Gasteiger partial charge >= 0.3 is 12.0 Å². The van der Waals surface area contributed by atoms with E-state index < -0.39 is 18.2 Å². The van der Waals surface area contributed by atoms with E-state index in [2.05, 4.69) is 10.6 Å². The standard InChI is InChI=1S/C13H23N3O4/c1-4-7-14-13(19)15-11-10(12(17)18)9(6-3)16(20-11)8-5-2/h11H,4-8H2,1-3H3,(H,17,18)(H2,14,15,19)/t11-/m0/s1. The number of carbonyl (C=O) groups is 2. The first-order valence-electron chi connectivity index (χ1n) is 7.00. The van der Waals surface area contributed by atoms with Crippen LogP contribution in [0.4, 0.5) is 4.79 Å². The molecule has 20 heavy (non-hydrogen) atoms. The fourth-order valence-electron chi connectivity index (χ4n) is 2.03. The zero-order valence-corrected chi connectivity index (χ0v) is 12.2. The number of nitrogens with one attached hydrogen (secondary N) is 2. The van der Waals surface area contributed by atoms with Crippen molar-refractivity contribution in [2.24, 2.45) is 0 Å². The van der Waals surface area contributed by atoms with Gasteiger partial charge in [-0.05, 0) is 19.3 Å². The van der Waals surface area contributed by atoms with Crippen LogP contribution in [0.1, 0.15) is 40.0 Å². The summed E-state index contributed by atoms with van der Waals surface area (Å²) < 4.78 is 0. The number of allylic oxidation sites excluding steroid dienone is 1. The lowest BCUT2D eigenvalue weighted by molar-refractivity contribution is -0.150. The van der Waals surface area contributed by atoms with Gasteiger partial charge in [-0.2, -0.15) is 0 Å². The van der Waals surface area contributed by atoms with Crippen LogP contribution in [0.15, 0.2) is 11.3 Å². The van der Waals surface area contributed by atoms with Crippen molar-refractivity contribution in [3.05, 3.63) is 11.3 Å². The molecule has 1 atom stereocenters. The van der Waals surface area contributed by atoms with E-state index in [0.29, 0.717) is 25.2 Å². The third kappa shape index (κ3) is 3.86. The normalized spacial score (nSPS) is 18.4. The molecule has 0 aromatic carbocycles. The maximum atomic E-state index is 11.6. The molecule has 0 unspecified atom stereocenters. The largest absolute Gasteiger partial charge is 0.478 e. The monoisotopic (exact) mass is 285 g/mol.